The van der Waals surface area contributed by atoms with Gasteiger partial charge >= 0.3 is 0 Å². The Morgan fingerprint density at radius 3 is 2.47 bits per heavy atom. The minimum absolute atomic E-state index is 0. The lowest BCUT2D eigenvalue weighted by molar-refractivity contribution is 0.251. The van der Waals surface area contributed by atoms with Gasteiger partial charge in [-0.2, -0.15) is 0 Å². The first-order valence-electron chi connectivity index (χ1n) is 10.6. The van der Waals surface area contributed by atoms with Crippen LogP contribution in [0, 0.1) is 0 Å². The average Bonchev–Trinajstić information content (AvgIpc) is 3.40. The summed E-state index contributed by atoms with van der Waals surface area (Å²) in [7, 11) is 5.90. The van der Waals surface area contributed by atoms with E-state index in [9.17, 15) is 0 Å². The molecule has 0 bridgehead atoms. The molecule has 2 heterocycles. The van der Waals surface area contributed by atoms with E-state index in [0.717, 1.165) is 44.4 Å². The molecule has 0 aliphatic carbocycles. The van der Waals surface area contributed by atoms with Crippen LogP contribution < -0.4 is 10.1 Å². The molecule has 1 aliphatic heterocycles. The average molecular weight is 525 g/mol. The maximum absolute atomic E-state index is 5.34. The number of hydrogen-bond donors (Lipinski definition) is 1. The number of halogens is 1. The van der Waals surface area contributed by atoms with Crippen molar-refractivity contribution >= 4 is 29.9 Å². The molecule has 0 spiro atoms. The first kappa shape index (κ1) is 24.5. The number of rotatable bonds is 8. The molecule has 3 rings (SSSR count). The van der Waals surface area contributed by atoms with Gasteiger partial charge in [-0.05, 0) is 62.7 Å². The molecule has 1 atom stereocenters. The third-order valence-electron chi connectivity index (χ3n) is 5.64. The molecule has 2 aromatic rings. The number of aromatic nitrogens is 1. The molecule has 1 fully saturated rings. The van der Waals surface area contributed by atoms with Gasteiger partial charge in [-0.15, -0.1) is 24.0 Å². The first-order valence-corrected chi connectivity index (χ1v) is 10.6. The van der Waals surface area contributed by atoms with E-state index in [2.05, 4.69) is 83.3 Å². The van der Waals surface area contributed by atoms with Crippen LogP contribution in [-0.4, -0.2) is 60.7 Å². The number of methoxy groups -OCH3 is 1. The van der Waals surface area contributed by atoms with Crippen LogP contribution >= 0.6 is 24.0 Å². The Morgan fingerprint density at radius 1 is 1.20 bits per heavy atom. The Kier molecular flexibility index (Phi) is 9.97. The highest BCUT2D eigenvalue weighted by Gasteiger charge is 2.23. The van der Waals surface area contributed by atoms with Gasteiger partial charge in [0, 0.05) is 32.5 Å². The second-order valence-corrected chi connectivity index (χ2v) is 7.69. The monoisotopic (exact) mass is 525 g/mol. The van der Waals surface area contributed by atoms with Crippen molar-refractivity contribution < 1.29 is 4.74 Å². The van der Waals surface area contributed by atoms with Gasteiger partial charge in [0.1, 0.15) is 5.75 Å². The van der Waals surface area contributed by atoms with Gasteiger partial charge in [0.15, 0.2) is 5.96 Å². The van der Waals surface area contributed by atoms with E-state index in [4.69, 9.17) is 9.73 Å². The zero-order valence-corrected chi connectivity index (χ0v) is 21.0. The largest absolute Gasteiger partial charge is 0.497 e. The van der Waals surface area contributed by atoms with Crippen molar-refractivity contribution in [1.82, 2.24) is 19.7 Å². The van der Waals surface area contributed by atoms with E-state index >= 15 is 0 Å². The summed E-state index contributed by atoms with van der Waals surface area (Å²) in [6, 6.07) is 13.0. The summed E-state index contributed by atoms with van der Waals surface area (Å²) in [5.74, 6) is 1.85. The molecule has 1 aromatic heterocycles. The number of likely N-dealkylation sites (tertiary alicyclic amines) is 1. The minimum Gasteiger partial charge on any atom is -0.497 e. The van der Waals surface area contributed by atoms with Gasteiger partial charge in [0.25, 0.3) is 0 Å². The van der Waals surface area contributed by atoms with Gasteiger partial charge in [-0.25, -0.2) is 0 Å². The smallest absolute Gasteiger partial charge is 0.194 e. The molecular formula is C23H36IN5O. The lowest BCUT2D eigenvalue weighted by Gasteiger charge is -2.28. The van der Waals surface area contributed by atoms with Crippen LogP contribution in [0.4, 0.5) is 0 Å². The second-order valence-electron chi connectivity index (χ2n) is 7.69. The Morgan fingerprint density at radius 2 is 1.90 bits per heavy atom. The number of ether oxygens (including phenoxy) is 1. The van der Waals surface area contributed by atoms with E-state index in [0.29, 0.717) is 6.04 Å². The van der Waals surface area contributed by atoms with E-state index in [-0.39, 0.29) is 24.0 Å². The summed E-state index contributed by atoms with van der Waals surface area (Å²) in [6.45, 7) is 6.82. The van der Waals surface area contributed by atoms with Crippen LogP contribution in [0.3, 0.4) is 0 Å². The number of aryl methyl sites for hydroxylation is 1. The van der Waals surface area contributed by atoms with Crippen LogP contribution in [0.25, 0.3) is 0 Å². The molecule has 1 aromatic carbocycles. The summed E-state index contributed by atoms with van der Waals surface area (Å²) >= 11 is 0. The predicted molar refractivity (Wildman–Crippen MR) is 135 cm³/mol. The molecule has 1 unspecified atom stereocenters. The molecule has 1 aliphatic rings. The Balaban J connectivity index is 0.00000320. The third-order valence-corrected chi connectivity index (χ3v) is 5.64. The molecule has 1 saturated heterocycles. The molecule has 0 radical (unpaired) electrons. The van der Waals surface area contributed by atoms with E-state index in [1.807, 2.05) is 0 Å². The summed E-state index contributed by atoms with van der Waals surface area (Å²) in [5, 5.41) is 3.46. The number of guanidine groups is 1. The van der Waals surface area contributed by atoms with Crippen molar-refractivity contribution in [2.45, 2.75) is 32.4 Å². The highest BCUT2D eigenvalue weighted by molar-refractivity contribution is 14.0. The summed E-state index contributed by atoms with van der Waals surface area (Å²) < 4.78 is 7.49. The lowest BCUT2D eigenvalue weighted by Crippen LogP contribution is -2.39. The maximum Gasteiger partial charge on any atom is 0.194 e. The maximum atomic E-state index is 5.34. The standard InChI is InChI=1S/C23H35N5O.HI/c1-5-24-23(27(3)18-20-9-8-14-26(20)2)25-17-22(28-15-6-7-16-28)19-10-12-21(29-4)13-11-19;/h8-14,22H,5-7,15-18H2,1-4H3,(H,24,25);1H. The van der Waals surface area contributed by atoms with Crippen molar-refractivity contribution in [2.24, 2.45) is 12.0 Å². The SMILES string of the molecule is CCNC(=NCC(c1ccc(OC)cc1)N1CCCC1)N(C)Cc1cccn1C.I. The topological polar surface area (TPSA) is 45.0 Å². The number of aliphatic imine (C=N–C) groups is 1. The van der Waals surface area contributed by atoms with Crippen molar-refractivity contribution in [3.05, 3.63) is 53.9 Å². The summed E-state index contributed by atoms with van der Waals surface area (Å²) in [5.41, 5.74) is 2.57. The number of hydrogen-bond acceptors (Lipinski definition) is 3. The highest BCUT2D eigenvalue weighted by atomic mass is 127. The molecule has 6 nitrogen and oxygen atoms in total. The minimum atomic E-state index is 0. The van der Waals surface area contributed by atoms with Crippen LogP contribution in [-0.2, 0) is 13.6 Å². The predicted octanol–water partition coefficient (Wildman–Crippen LogP) is 3.89. The molecule has 7 heteroatoms. The zero-order valence-electron chi connectivity index (χ0n) is 18.7. The molecule has 1 N–H and O–H groups in total. The van der Waals surface area contributed by atoms with Gasteiger partial charge in [-0.1, -0.05) is 12.1 Å². The Hall–Kier alpha value is -1.74. The van der Waals surface area contributed by atoms with Crippen molar-refractivity contribution in [1.29, 1.82) is 0 Å². The fraction of sp³-hybridized carbons (Fsp3) is 0.522. The van der Waals surface area contributed by atoms with Crippen molar-refractivity contribution in [3.63, 3.8) is 0 Å². The third kappa shape index (κ3) is 6.38. The van der Waals surface area contributed by atoms with Gasteiger partial charge < -0.3 is 19.5 Å². The van der Waals surface area contributed by atoms with Crippen LogP contribution in [0.1, 0.15) is 37.1 Å². The second kappa shape index (κ2) is 12.2. The normalized spacial score (nSPS) is 15.5. The van der Waals surface area contributed by atoms with Gasteiger partial charge in [0.05, 0.1) is 26.2 Å². The van der Waals surface area contributed by atoms with Crippen LogP contribution in [0.15, 0.2) is 47.6 Å². The lowest BCUT2D eigenvalue weighted by atomic mass is 10.1. The van der Waals surface area contributed by atoms with E-state index in [1.54, 1.807) is 7.11 Å². The summed E-state index contributed by atoms with van der Waals surface area (Å²) in [6.07, 6.45) is 4.62. The van der Waals surface area contributed by atoms with Gasteiger partial charge in [0.2, 0.25) is 0 Å². The van der Waals surface area contributed by atoms with Gasteiger partial charge in [-0.3, -0.25) is 9.89 Å². The van der Waals surface area contributed by atoms with Crippen LogP contribution in [0.2, 0.25) is 0 Å². The Labute approximate surface area is 198 Å². The molecule has 166 valence electrons. The van der Waals surface area contributed by atoms with Crippen LogP contribution in [0.5, 0.6) is 5.75 Å². The fourth-order valence-corrected chi connectivity index (χ4v) is 3.93. The fourth-order valence-electron chi connectivity index (χ4n) is 3.93. The van der Waals surface area contributed by atoms with E-state index < -0.39 is 0 Å². The van der Waals surface area contributed by atoms with E-state index in [1.165, 1.54) is 24.1 Å². The number of benzene rings is 1. The number of nitrogens with one attached hydrogen (secondary N) is 1. The molecular weight excluding hydrogens is 489 g/mol. The summed E-state index contributed by atoms with van der Waals surface area (Å²) in [4.78, 5) is 9.80. The number of nitrogens with zero attached hydrogens (tertiary/aromatic N) is 4. The molecule has 0 amide bonds. The van der Waals surface area contributed by atoms with Crippen molar-refractivity contribution in [3.8, 4) is 5.75 Å². The molecule has 30 heavy (non-hydrogen) atoms. The highest BCUT2D eigenvalue weighted by Crippen LogP contribution is 2.27. The zero-order chi connectivity index (χ0) is 20.6. The molecule has 0 saturated carbocycles. The first-order chi connectivity index (χ1) is 14.1. The quantitative estimate of drug-likeness (QED) is 0.323. The van der Waals surface area contributed by atoms with Crippen molar-refractivity contribution in [2.75, 3.05) is 40.3 Å². The Bertz CT molecular complexity index is 783.